The molecule has 2 aliphatic rings. The van der Waals surface area contributed by atoms with E-state index in [1.165, 1.54) is 0 Å². The van der Waals surface area contributed by atoms with Crippen molar-refractivity contribution in [1.82, 2.24) is 14.0 Å². The van der Waals surface area contributed by atoms with Crippen LogP contribution < -0.4 is 4.48 Å². The Balaban J connectivity index is 1.68. The molecule has 5 rings (SSSR count). The van der Waals surface area contributed by atoms with Crippen LogP contribution in [-0.4, -0.2) is 64.3 Å². The lowest BCUT2D eigenvalue weighted by atomic mass is 10.0. The molecule has 38 heavy (non-hydrogen) atoms. The minimum atomic E-state index is -4.48. The average Bonchev–Trinajstić information content (AvgIpc) is 3.28. The molecule has 0 amide bonds. The monoisotopic (exact) mass is 585 g/mol. The van der Waals surface area contributed by atoms with E-state index in [0.29, 0.717) is 51.1 Å². The normalized spacial score (nSPS) is 21.1. The zero-order valence-electron chi connectivity index (χ0n) is 20.3. The van der Waals surface area contributed by atoms with Gasteiger partial charge in [-0.2, -0.15) is 21.8 Å². The van der Waals surface area contributed by atoms with Crippen LogP contribution in [0.5, 0.6) is 0 Å². The zero-order chi connectivity index (χ0) is 27.5. The molecule has 3 N–H and O–H groups in total. The van der Waals surface area contributed by atoms with Gasteiger partial charge in [0.05, 0.1) is 52.3 Å². The molecule has 3 heterocycles. The van der Waals surface area contributed by atoms with Crippen LogP contribution in [-0.2, 0) is 36.2 Å². The topological polar surface area (TPSA) is 178 Å². The number of aryl methyl sites for hydroxylation is 3. The first-order valence-corrected chi connectivity index (χ1v) is 15.4. The molecule has 1 aromatic heterocycles. The van der Waals surface area contributed by atoms with Crippen molar-refractivity contribution >= 4 is 60.5 Å². The minimum absolute atomic E-state index is 0.165. The van der Waals surface area contributed by atoms with Crippen molar-refractivity contribution in [3.05, 3.63) is 47.3 Å². The highest BCUT2D eigenvalue weighted by atomic mass is 32.2. The van der Waals surface area contributed by atoms with Gasteiger partial charge in [0.2, 0.25) is 11.2 Å². The summed E-state index contributed by atoms with van der Waals surface area (Å²) in [5.41, 5.74) is 3.66. The summed E-state index contributed by atoms with van der Waals surface area (Å²) >= 11 is 0.730. The van der Waals surface area contributed by atoms with E-state index < -0.39 is 31.4 Å². The Kier molecular flexibility index (Phi) is 6.90. The molecule has 2 aliphatic heterocycles. The minimum Gasteiger partial charge on any atom is -0.328 e. The number of aliphatic imine (C=N–C) groups is 1. The number of fused-ring (bicyclic) bond motifs is 3. The summed E-state index contributed by atoms with van der Waals surface area (Å²) in [6.07, 6.45) is 0.376. The van der Waals surface area contributed by atoms with Gasteiger partial charge in [-0.1, -0.05) is 11.1 Å². The second-order valence-electron chi connectivity index (χ2n) is 9.29. The van der Waals surface area contributed by atoms with Gasteiger partial charge in [-0.3, -0.25) is 9.11 Å². The second-order valence-corrected chi connectivity index (χ2v) is 13.2. The van der Waals surface area contributed by atoms with Crippen LogP contribution in [0, 0.1) is 13.8 Å². The van der Waals surface area contributed by atoms with E-state index in [0.717, 1.165) is 17.6 Å². The van der Waals surface area contributed by atoms with Crippen LogP contribution in [0.3, 0.4) is 0 Å². The number of imidazole rings is 1. The quantitative estimate of drug-likeness (QED) is 0.110. The lowest BCUT2D eigenvalue weighted by molar-refractivity contribution is -0.432. The number of aromatic nitrogens is 2. The van der Waals surface area contributed by atoms with Crippen LogP contribution in [0.1, 0.15) is 29.8 Å². The molecular weight excluding hydrogens is 560 g/mol. The van der Waals surface area contributed by atoms with E-state index in [1.54, 1.807) is 31.2 Å². The summed E-state index contributed by atoms with van der Waals surface area (Å²) in [6.45, 7) is 4.25. The standard InChI is InChI=1S/C22H24N4O9S3/c1-13-4-5-15(20(10-13)36-35-34-27)22-24-17-11-18-16(23-14(2)25(18)7-3-9-37(28,29)30)12-19(17)26(22)8-6-21(26)38(31,32)33/h4-5,10-12,21H,3,6-9H2,1-2H3,(H2-,27,28,29,30,31,32,33)/p+1. The van der Waals surface area contributed by atoms with Crippen molar-refractivity contribution in [3.8, 4) is 0 Å². The van der Waals surface area contributed by atoms with Gasteiger partial charge in [0.25, 0.3) is 10.1 Å². The number of quaternary nitrogens is 1. The highest BCUT2D eigenvalue weighted by Crippen LogP contribution is 2.52. The van der Waals surface area contributed by atoms with Crippen molar-refractivity contribution < 1.29 is 40.6 Å². The van der Waals surface area contributed by atoms with Crippen LogP contribution in [0.2, 0.25) is 0 Å². The fourth-order valence-electron chi connectivity index (χ4n) is 5.28. The molecule has 3 aromatic rings. The van der Waals surface area contributed by atoms with E-state index >= 15 is 0 Å². The summed E-state index contributed by atoms with van der Waals surface area (Å²) in [5.74, 6) is 0.589. The predicted molar refractivity (Wildman–Crippen MR) is 140 cm³/mol. The number of nitrogens with zero attached hydrogens (tertiary/aromatic N) is 4. The summed E-state index contributed by atoms with van der Waals surface area (Å²) in [6, 6.07) is 8.87. The van der Waals surface area contributed by atoms with Crippen molar-refractivity contribution in [2.45, 2.75) is 43.5 Å². The largest absolute Gasteiger partial charge is 0.328 e. The number of amidine groups is 1. The van der Waals surface area contributed by atoms with Crippen LogP contribution in [0.15, 0.2) is 40.2 Å². The molecule has 2 unspecified atom stereocenters. The van der Waals surface area contributed by atoms with Crippen molar-refractivity contribution in [2.75, 3.05) is 12.3 Å². The zero-order valence-corrected chi connectivity index (χ0v) is 22.8. The van der Waals surface area contributed by atoms with Gasteiger partial charge < -0.3 is 4.57 Å². The Morgan fingerprint density at radius 3 is 2.55 bits per heavy atom. The van der Waals surface area contributed by atoms with Crippen molar-refractivity contribution in [2.24, 2.45) is 4.99 Å². The molecule has 1 fully saturated rings. The van der Waals surface area contributed by atoms with Crippen LogP contribution >= 0.6 is 12.0 Å². The third kappa shape index (κ3) is 4.65. The van der Waals surface area contributed by atoms with E-state index in [2.05, 4.69) is 14.4 Å². The predicted octanol–water partition coefficient (Wildman–Crippen LogP) is 3.38. The molecule has 0 aliphatic carbocycles. The van der Waals surface area contributed by atoms with Crippen molar-refractivity contribution in [1.29, 1.82) is 0 Å². The Labute approximate surface area is 222 Å². The average molecular weight is 586 g/mol. The van der Waals surface area contributed by atoms with Gasteiger partial charge in [0, 0.05) is 12.6 Å². The third-order valence-electron chi connectivity index (χ3n) is 6.95. The van der Waals surface area contributed by atoms with Crippen molar-refractivity contribution in [3.63, 3.8) is 0 Å². The van der Waals surface area contributed by atoms with Gasteiger partial charge in [0.15, 0.2) is 5.69 Å². The maximum atomic E-state index is 12.5. The summed E-state index contributed by atoms with van der Waals surface area (Å²) < 4.78 is 72.9. The Morgan fingerprint density at radius 2 is 1.92 bits per heavy atom. The highest BCUT2D eigenvalue weighted by Gasteiger charge is 2.62. The fourth-order valence-corrected chi connectivity index (χ4v) is 7.54. The molecule has 204 valence electrons. The molecular formula is C22H25N4O9S3+. The summed E-state index contributed by atoms with van der Waals surface area (Å²) in [5, 5.41) is 11.3. The molecule has 1 spiro atoms. The smallest absolute Gasteiger partial charge is 0.320 e. The number of hydrogen-bond donors (Lipinski definition) is 3. The maximum absolute atomic E-state index is 12.5. The molecule has 1 saturated heterocycles. The molecule has 2 atom stereocenters. The summed E-state index contributed by atoms with van der Waals surface area (Å²) in [4.78, 5) is 9.95. The molecule has 16 heteroatoms. The first-order chi connectivity index (χ1) is 17.8. The number of hydrogen-bond acceptors (Lipinski definition) is 10. The first kappa shape index (κ1) is 27.2. The van der Waals surface area contributed by atoms with E-state index in [9.17, 15) is 21.4 Å². The molecule has 0 bridgehead atoms. The van der Waals surface area contributed by atoms with Gasteiger partial charge in [-0.15, -0.1) is 4.33 Å². The number of benzene rings is 2. The first-order valence-electron chi connectivity index (χ1n) is 11.5. The van der Waals surface area contributed by atoms with Gasteiger partial charge in [0.1, 0.15) is 11.5 Å². The Hall–Kier alpha value is -2.41. The maximum Gasteiger partial charge on any atom is 0.320 e. The van der Waals surface area contributed by atoms with Gasteiger partial charge in [-0.25, -0.2) is 14.7 Å². The third-order valence-corrected chi connectivity index (χ3v) is 9.68. The van der Waals surface area contributed by atoms with Crippen LogP contribution in [0.4, 0.5) is 11.4 Å². The lowest BCUT2D eigenvalue weighted by Crippen LogP contribution is -2.71. The Bertz CT molecular complexity index is 1690. The van der Waals surface area contributed by atoms with E-state index in [-0.39, 0.29) is 23.9 Å². The van der Waals surface area contributed by atoms with Gasteiger partial charge >= 0.3 is 10.1 Å². The molecule has 2 aromatic carbocycles. The lowest BCUT2D eigenvalue weighted by Gasteiger charge is -2.47. The Morgan fingerprint density at radius 1 is 1.16 bits per heavy atom. The fraction of sp³-hybridized carbons (Fsp3) is 0.364. The SMILES string of the molecule is Cc1ccc(C2=Nc3cc4c(cc3[N+]23CCC3S(=O)(=O)O)nc(C)n4CCCS(=O)(=O)O)c(SOOO)c1. The molecule has 13 nitrogen and oxygen atoms in total. The molecule has 0 saturated carbocycles. The molecule has 0 radical (unpaired) electrons. The van der Waals surface area contributed by atoms with Crippen LogP contribution in [0.25, 0.3) is 11.0 Å². The van der Waals surface area contributed by atoms with E-state index in [1.807, 2.05) is 17.6 Å². The van der Waals surface area contributed by atoms with E-state index in [4.69, 9.17) is 14.8 Å². The number of rotatable bonds is 9. The highest BCUT2D eigenvalue weighted by molar-refractivity contribution is 7.94. The van der Waals surface area contributed by atoms with Gasteiger partial charge in [-0.05, 0) is 44.0 Å². The summed E-state index contributed by atoms with van der Waals surface area (Å²) in [7, 11) is -8.59. The second kappa shape index (κ2) is 9.65.